The van der Waals surface area contributed by atoms with Crippen LogP contribution in [0.2, 0.25) is 0 Å². The van der Waals surface area contributed by atoms with Crippen molar-refractivity contribution in [1.29, 1.82) is 0 Å². The maximum atomic E-state index is 12.4. The molecule has 0 fully saturated rings. The number of halogens is 2. The first-order valence-corrected chi connectivity index (χ1v) is 7.04. The Hall–Kier alpha value is -2.90. The Kier molecular flexibility index (Phi) is 5.89. The van der Waals surface area contributed by atoms with E-state index >= 15 is 0 Å². The van der Waals surface area contributed by atoms with Gasteiger partial charge in [0.1, 0.15) is 0 Å². The summed E-state index contributed by atoms with van der Waals surface area (Å²) in [6.07, 6.45) is 1.64. The van der Waals surface area contributed by atoms with Crippen molar-refractivity contribution in [2.75, 3.05) is 19.5 Å². The largest absolute Gasteiger partial charge is 0.493 e. The van der Waals surface area contributed by atoms with Gasteiger partial charge >= 0.3 is 12.6 Å². The number of aromatic nitrogens is 1. The Morgan fingerprint density at radius 3 is 2.71 bits per heavy atom. The second kappa shape index (κ2) is 8.09. The van der Waals surface area contributed by atoms with E-state index in [0.717, 1.165) is 5.69 Å². The van der Waals surface area contributed by atoms with Gasteiger partial charge in [0.15, 0.2) is 11.5 Å². The van der Waals surface area contributed by atoms with E-state index in [9.17, 15) is 13.6 Å². The van der Waals surface area contributed by atoms with Crippen molar-refractivity contribution in [2.24, 2.45) is 0 Å². The summed E-state index contributed by atoms with van der Waals surface area (Å²) in [5.41, 5.74) is 1.04. The fraction of sp³-hybridized carbons (Fsp3) is 0.250. The molecule has 2 amide bonds. The molecule has 128 valence electrons. The molecule has 0 aliphatic rings. The fourth-order valence-electron chi connectivity index (χ4n) is 1.97. The summed E-state index contributed by atoms with van der Waals surface area (Å²) >= 11 is 0. The van der Waals surface area contributed by atoms with Gasteiger partial charge in [0, 0.05) is 25.0 Å². The van der Waals surface area contributed by atoms with Gasteiger partial charge in [-0.05, 0) is 24.3 Å². The van der Waals surface area contributed by atoms with Crippen molar-refractivity contribution in [2.45, 2.75) is 13.2 Å². The molecule has 0 unspecified atom stereocenters. The van der Waals surface area contributed by atoms with Crippen molar-refractivity contribution < 1.29 is 23.0 Å². The number of benzene rings is 1. The van der Waals surface area contributed by atoms with Gasteiger partial charge in [0.25, 0.3) is 0 Å². The van der Waals surface area contributed by atoms with E-state index in [1.54, 1.807) is 25.4 Å². The number of alkyl halides is 2. The van der Waals surface area contributed by atoms with Crippen LogP contribution in [0.4, 0.5) is 19.3 Å². The highest BCUT2D eigenvalue weighted by Gasteiger charge is 2.14. The lowest BCUT2D eigenvalue weighted by Gasteiger charge is -2.18. The van der Waals surface area contributed by atoms with Gasteiger partial charge < -0.3 is 19.7 Å². The minimum atomic E-state index is -2.99. The van der Waals surface area contributed by atoms with E-state index in [0.29, 0.717) is 12.2 Å². The number of ether oxygens (including phenoxy) is 2. The van der Waals surface area contributed by atoms with Gasteiger partial charge in [-0.2, -0.15) is 8.78 Å². The van der Waals surface area contributed by atoms with E-state index in [1.165, 1.54) is 30.2 Å². The fourth-order valence-corrected chi connectivity index (χ4v) is 1.97. The molecule has 0 bridgehead atoms. The summed E-state index contributed by atoms with van der Waals surface area (Å²) in [6, 6.07) is 9.24. The normalized spacial score (nSPS) is 10.4. The molecule has 0 aliphatic heterocycles. The lowest BCUT2D eigenvalue weighted by molar-refractivity contribution is -0.0511. The van der Waals surface area contributed by atoms with Gasteiger partial charge in [-0.1, -0.05) is 6.07 Å². The van der Waals surface area contributed by atoms with Crippen LogP contribution in [0.5, 0.6) is 11.5 Å². The highest BCUT2D eigenvalue weighted by Crippen LogP contribution is 2.31. The number of nitrogens with one attached hydrogen (secondary N) is 1. The monoisotopic (exact) mass is 337 g/mol. The molecule has 8 heteroatoms. The maximum absolute atomic E-state index is 12.4. The lowest BCUT2D eigenvalue weighted by Crippen LogP contribution is -2.31. The van der Waals surface area contributed by atoms with Crippen LogP contribution in [0.3, 0.4) is 0 Å². The van der Waals surface area contributed by atoms with Crippen molar-refractivity contribution in [3.05, 3.63) is 48.3 Å². The van der Waals surface area contributed by atoms with E-state index < -0.39 is 12.6 Å². The van der Waals surface area contributed by atoms with Crippen LogP contribution in [0.1, 0.15) is 5.69 Å². The predicted molar refractivity (Wildman–Crippen MR) is 84.3 cm³/mol. The van der Waals surface area contributed by atoms with E-state index in [1.807, 2.05) is 6.07 Å². The number of hydrogen-bond donors (Lipinski definition) is 1. The number of anilines is 1. The molecule has 6 nitrogen and oxygen atoms in total. The van der Waals surface area contributed by atoms with Gasteiger partial charge in [-0.3, -0.25) is 4.98 Å². The molecule has 0 saturated heterocycles. The van der Waals surface area contributed by atoms with Crippen molar-refractivity contribution in [1.82, 2.24) is 9.88 Å². The second-order valence-corrected chi connectivity index (χ2v) is 4.85. The maximum Gasteiger partial charge on any atom is 0.387 e. The molecule has 1 aromatic carbocycles. The molecule has 1 heterocycles. The van der Waals surface area contributed by atoms with E-state index in [2.05, 4.69) is 15.0 Å². The van der Waals surface area contributed by atoms with Crippen LogP contribution in [0.15, 0.2) is 42.6 Å². The number of carbonyl (C=O) groups is 1. The first-order chi connectivity index (χ1) is 11.5. The van der Waals surface area contributed by atoms with Crippen LogP contribution in [0.25, 0.3) is 0 Å². The Bertz CT molecular complexity index is 684. The molecule has 1 N–H and O–H groups in total. The highest BCUT2D eigenvalue weighted by atomic mass is 19.3. The standard InChI is InChI=1S/C16H17F2N3O3/c1-21(10-12-5-3-4-8-19-12)16(22)20-11-6-7-13(23-2)14(9-11)24-15(17)18/h3-9,15H,10H2,1-2H3,(H,20,22). The molecular weight excluding hydrogens is 320 g/mol. The third kappa shape index (κ3) is 4.80. The lowest BCUT2D eigenvalue weighted by atomic mass is 10.2. The average molecular weight is 337 g/mol. The minimum Gasteiger partial charge on any atom is -0.493 e. The van der Waals surface area contributed by atoms with Crippen LogP contribution < -0.4 is 14.8 Å². The summed E-state index contributed by atoms with van der Waals surface area (Å²) in [4.78, 5) is 17.7. The molecule has 0 radical (unpaired) electrons. The Labute approximate surface area is 138 Å². The third-order valence-corrected chi connectivity index (χ3v) is 3.10. The van der Waals surface area contributed by atoms with Crippen molar-refractivity contribution >= 4 is 11.7 Å². The van der Waals surface area contributed by atoms with Gasteiger partial charge in [0.2, 0.25) is 0 Å². The number of urea groups is 1. The third-order valence-electron chi connectivity index (χ3n) is 3.10. The summed E-state index contributed by atoms with van der Waals surface area (Å²) < 4.78 is 34.2. The minimum absolute atomic E-state index is 0.148. The topological polar surface area (TPSA) is 63.7 Å². The Morgan fingerprint density at radius 2 is 2.08 bits per heavy atom. The number of amides is 2. The molecule has 2 aromatic rings. The summed E-state index contributed by atoms with van der Waals surface area (Å²) in [6.45, 7) is -2.68. The molecule has 0 atom stereocenters. The number of methoxy groups -OCH3 is 1. The molecule has 2 rings (SSSR count). The summed E-state index contributed by atoms with van der Waals surface area (Å²) in [7, 11) is 2.94. The zero-order valence-corrected chi connectivity index (χ0v) is 13.2. The molecule has 0 saturated carbocycles. The molecular formula is C16H17F2N3O3. The summed E-state index contributed by atoms with van der Waals surface area (Å²) in [5, 5.41) is 2.61. The van der Waals surface area contributed by atoms with Crippen LogP contribution in [-0.4, -0.2) is 36.7 Å². The molecule has 0 aliphatic carbocycles. The Balaban J connectivity index is 2.05. The van der Waals surface area contributed by atoms with Crippen LogP contribution >= 0.6 is 0 Å². The van der Waals surface area contributed by atoms with Crippen LogP contribution in [-0.2, 0) is 6.54 Å². The first kappa shape index (κ1) is 17.5. The second-order valence-electron chi connectivity index (χ2n) is 4.85. The number of hydrogen-bond acceptors (Lipinski definition) is 4. The molecule has 1 aromatic heterocycles. The van der Waals surface area contributed by atoms with Gasteiger partial charge in [-0.25, -0.2) is 4.79 Å². The zero-order valence-electron chi connectivity index (χ0n) is 13.2. The van der Waals surface area contributed by atoms with E-state index in [-0.39, 0.29) is 11.5 Å². The Morgan fingerprint density at radius 1 is 1.29 bits per heavy atom. The quantitative estimate of drug-likeness (QED) is 0.878. The molecule has 0 spiro atoms. The summed E-state index contributed by atoms with van der Waals surface area (Å²) in [5.74, 6) is -0.00665. The predicted octanol–water partition coefficient (Wildman–Crippen LogP) is 3.36. The van der Waals surface area contributed by atoms with Crippen LogP contribution in [0, 0.1) is 0 Å². The number of pyridine rings is 1. The SMILES string of the molecule is COc1ccc(NC(=O)N(C)Cc2ccccn2)cc1OC(F)F. The molecule has 24 heavy (non-hydrogen) atoms. The highest BCUT2D eigenvalue weighted by molar-refractivity contribution is 5.89. The van der Waals surface area contributed by atoms with Crippen molar-refractivity contribution in [3.63, 3.8) is 0 Å². The zero-order chi connectivity index (χ0) is 17.5. The average Bonchev–Trinajstić information content (AvgIpc) is 2.55. The first-order valence-electron chi connectivity index (χ1n) is 7.04. The van der Waals surface area contributed by atoms with E-state index in [4.69, 9.17) is 4.74 Å². The number of nitrogens with zero attached hydrogens (tertiary/aromatic N) is 2. The van der Waals surface area contributed by atoms with Gasteiger partial charge in [-0.15, -0.1) is 0 Å². The smallest absolute Gasteiger partial charge is 0.387 e. The van der Waals surface area contributed by atoms with Crippen molar-refractivity contribution in [3.8, 4) is 11.5 Å². The number of carbonyl (C=O) groups excluding carboxylic acids is 1. The van der Waals surface area contributed by atoms with Gasteiger partial charge in [0.05, 0.1) is 19.3 Å². The number of rotatable bonds is 6.